The molecule has 1 fully saturated rings. The van der Waals surface area contributed by atoms with E-state index in [2.05, 4.69) is 10.6 Å². The Bertz CT molecular complexity index is 475. The minimum atomic E-state index is -0.208. The maximum Gasteiger partial charge on any atom is 0.323 e. The summed E-state index contributed by atoms with van der Waals surface area (Å²) in [5.74, 6) is 0. The van der Waals surface area contributed by atoms with Crippen molar-refractivity contribution < 1.29 is 4.79 Å². The predicted molar refractivity (Wildman–Crippen MR) is 74.9 cm³/mol. The first-order chi connectivity index (χ1) is 8.65. The molecule has 18 heavy (non-hydrogen) atoms. The monoisotopic (exact) mass is 264 g/mol. The number of benzene rings is 1. The van der Waals surface area contributed by atoms with Crippen LogP contribution < -0.4 is 10.6 Å². The number of carbonyl (C=O) groups excluding carboxylic acids is 1. The number of aryl methyl sites for hydroxylation is 1. The zero-order chi connectivity index (χ0) is 13.0. The highest BCUT2D eigenvalue weighted by Gasteiger charge is 2.07. The van der Waals surface area contributed by atoms with E-state index in [-0.39, 0.29) is 6.03 Å². The number of rotatable bonds is 2. The van der Waals surface area contributed by atoms with Crippen molar-refractivity contribution in [3.05, 3.63) is 40.6 Å². The van der Waals surface area contributed by atoms with Gasteiger partial charge in [0.25, 0.3) is 0 Å². The summed E-state index contributed by atoms with van der Waals surface area (Å²) >= 11 is 5.86. The van der Waals surface area contributed by atoms with E-state index in [4.69, 9.17) is 11.6 Å². The van der Waals surface area contributed by atoms with Gasteiger partial charge in [0.15, 0.2) is 0 Å². The molecule has 1 aromatic rings. The van der Waals surface area contributed by atoms with E-state index in [9.17, 15) is 4.79 Å². The summed E-state index contributed by atoms with van der Waals surface area (Å²) in [4.78, 5) is 11.7. The summed E-state index contributed by atoms with van der Waals surface area (Å²) in [6, 6.07) is 5.19. The summed E-state index contributed by atoms with van der Waals surface area (Å²) in [6.45, 7) is 1.91. The molecule has 0 aromatic heterocycles. The highest BCUT2D eigenvalue weighted by Crippen LogP contribution is 2.23. The van der Waals surface area contributed by atoms with Gasteiger partial charge in [0.05, 0.1) is 0 Å². The third-order valence-corrected chi connectivity index (χ3v) is 3.32. The molecule has 1 aromatic carbocycles. The maximum atomic E-state index is 11.7. The van der Waals surface area contributed by atoms with E-state index >= 15 is 0 Å². The van der Waals surface area contributed by atoms with Gasteiger partial charge < -0.3 is 10.6 Å². The van der Waals surface area contributed by atoms with Gasteiger partial charge in [-0.3, -0.25) is 0 Å². The Kier molecular flexibility index (Phi) is 4.26. The van der Waals surface area contributed by atoms with Crippen LogP contribution in [-0.4, -0.2) is 6.03 Å². The van der Waals surface area contributed by atoms with Gasteiger partial charge in [-0.25, -0.2) is 4.79 Å². The van der Waals surface area contributed by atoms with Crippen molar-refractivity contribution in [2.24, 2.45) is 0 Å². The van der Waals surface area contributed by atoms with E-state index in [1.54, 1.807) is 12.1 Å². The molecule has 96 valence electrons. The molecule has 2 amide bonds. The smallest absolute Gasteiger partial charge is 0.314 e. The lowest BCUT2D eigenvalue weighted by molar-refractivity contribution is 0.255. The molecule has 0 aliphatic heterocycles. The van der Waals surface area contributed by atoms with Gasteiger partial charge in [0.2, 0.25) is 0 Å². The molecule has 1 aliphatic rings. The number of hydrogen-bond donors (Lipinski definition) is 2. The molecule has 1 aliphatic carbocycles. The molecule has 0 heterocycles. The molecule has 4 heteroatoms. The molecule has 1 saturated carbocycles. The van der Waals surface area contributed by atoms with Gasteiger partial charge in [0, 0.05) is 16.9 Å². The predicted octanol–water partition coefficient (Wildman–Crippen LogP) is 4.23. The first-order valence-corrected chi connectivity index (χ1v) is 6.54. The van der Waals surface area contributed by atoms with Gasteiger partial charge in [-0.05, 0) is 56.4 Å². The van der Waals surface area contributed by atoms with Crippen LogP contribution in [0.4, 0.5) is 10.5 Å². The standard InChI is InChI=1S/C14H17ClN2O/c1-10-8-12(15)6-7-13(10)17-14(18)16-9-11-4-2-3-5-11/h6-9H,2-5H2,1H3,(H2,16,17,18). The van der Waals surface area contributed by atoms with Crippen LogP contribution in [0.15, 0.2) is 30.0 Å². The molecule has 0 saturated heterocycles. The Morgan fingerprint density at radius 3 is 2.72 bits per heavy atom. The average Bonchev–Trinajstić information content (AvgIpc) is 2.83. The zero-order valence-corrected chi connectivity index (χ0v) is 11.2. The first-order valence-electron chi connectivity index (χ1n) is 6.17. The van der Waals surface area contributed by atoms with Crippen molar-refractivity contribution >= 4 is 23.3 Å². The van der Waals surface area contributed by atoms with E-state index in [1.165, 1.54) is 18.4 Å². The van der Waals surface area contributed by atoms with Crippen LogP contribution in [0.1, 0.15) is 31.2 Å². The van der Waals surface area contributed by atoms with Crippen LogP contribution in [0.5, 0.6) is 0 Å². The van der Waals surface area contributed by atoms with Gasteiger partial charge in [0.1, 0.15) is 0 Å². The number of anilines is 1. The number of amides is 2. The van der Waals surface area contributed by atoms with Crippen LogP contribution in [0.2, 0.25) is 5.02 Å². The maximum absolute atomic E-state index is 11.7. The molecule has 0 unspecified atom stereocenters. The number of carbonyl (C=O) groups is 1. The molecular formula is C14H17ClN2O. The quantitative estimate of drug-likeness (QED) is 0.825. The van der Waals surface area contributed by atoms with E-state index in [0.29, 0.717) is 5.02 Å². The SMILES string of the molecule is Cc1cc(Cl)ccc1NC(=O)NC=C1CCCC1. The van der Waals surface area contributed by atoms with Gasteiger partial charge in [-0.1, -0.05) is 17.2 Å². The van der Waals surface area contributed by atoms with E-state index < -0.39 is 0 Å². The lowest BCUT2D eigenvalue weighted by Crippen LogP contribution is -2.24. The van der Waals surface area contributed by atoms with Crippen LogP contribution >= 0.6 is 11.6 Å². The molecule has 2 N–H and O–H groups in total. The Morgan fingerprint density at radius 2 is 2.06 bits per heavy atom. The fraction of sp³-hybridized carbons (Fsp3) is 0.357. The highest BCUT2D eigenvalue weighted by molar-refractivity contribution is 6.30. The largest absolute Gasteiger partial charge is 0.323 e. The van der Waals surface area contributed by atoms with Gasteiger partial charge >= 0.3 is 6.03 Å². The lowest BCUT2D eigenvalue weighted by atomic mass is 10.2. The van der Waals surface area contributed by atoms with Crippen LogP contribution in [-0.2, 0) is 0 Å². The Balaban J connectivity index is 1.92. The molecule has 0 atom stereocenters. The van der Waals surface area contributed by atoms with E-state index in [0.717, 1.165) is 24.1 Å². The van der Waals surface area contributed by atoms with Crippen LogP contribution in [0.25, 0.3) is 0 Å². The summed E-state index contributed by atoms with van der Waals surface area (Å²) in [5, 5.41) is 6.25. The number of halogens is 1. The lowest BCUT2D eigenvalue weighted by Gasteiger charge is -2.08. The second kappa shape index (κ2) is 5.91. The van der Waals surface area contributed by atoms with Crippen LogP contribution in [0.3, 0.4) is 0 Å². The number of nitrogens with one attached hydrogen (secondary N) is 2. The minimum absolute atomic E-state index is 0.208. The Hall–Kier alpha value is -1.48. The Labute approximate surface area is 112 Å². The van der Waals surface area contributed by atoms with Crippen molar-refractivity contribution in [2.45, 2.75) is 32.6 Å². The summed E-state index contributed by atoms with van der Waals surface area (Å²) in [5.41, 5.74) is 3.05. The second-order valence-electron chi connectivity index (χ2n) is 4.57. The van der Waals surface area contributed by atoms with Crippen molar-refractivity contribution in [2.75, 3.05) is 5.32 Å². The highest BCUT2D eigenvalue weighted by atomic mass is 35.5. The minimum Gasteiger partial charge on any atom is -0.314 e. The summed E-state index contributed by atoms with van der Waals surface area (Å²) in [6.07, 6.45) is 6.48. The van der Waals surface area contributed by atoms with Crippen molar-refractivity contribution in [1.29, 1.82) is 0 Å². The van der Waals surface area contributed by atoms with E-state index in [1.807, 2.05) is 19.2 Å². The van der Waals surface area contributed by atoms with Gasteiger partial charge in [-0.15, -0.1) is 0 Å². The third kappa shape index (κ3) is 3.50. The number of allylic oxidation sites excluding steroid dienone is 1. The normalized spacial score (nSPS) is 14.4. The molecule has 0 radical (unpaired) electrons. The second-order valence-corrected chi connectivity index (χ2v) is 5.00. The molecule has 3 nitrogen and oxygen atoms in total. The van der Waals surface area contributed by atoms with Gasteiger partial charge in [-0.2, -0.15) is 0 Å². The zero-order valence-electron chi connectivity index (χ0n) is 10.4. The third-order valence-electron chi connectivity index (χ3n) is 3.09. The summed E-state index contributed by atoms with van der Waals surface area (Å²) < 4.78 is 0. The summed E-state index contributed by atoms with van der Waals surface area (Å²) in [7, 11) is 0. The Morgan fingerprint density at radius 1 is 1.33 bits per heavy atom. The first kappa shape index (κ1) is 13.0. The molecule has 0 spiro atoms. The number of hydrogen-bond acceptors (Lipinski definition) is 1. The molecule has 2 rings (SSSR count). The fourth-order valence-corrected chi connectivity index (χ4v) is 2.29. The van der Waals surface area contributed by atoms with Crippen molar-refractivity contribution in [1.82, 2.24) is 5.32 Å². The van der Waals surface area contributed by atoms with Crippen molar-refractivity contribution in [3.8, 4) is 0 Å². The number of urea groups is 1. The van der Waals surface area contributed by atoms with Crippen LogP contribution in [0, 0.1) is 6.92 Å². The molecular weight excluding hydrogens is 248 g/mol. The fourth-order valence-electron chi connectivity index (χ4n) is 2.07. The average molecular weight is 265 g/mol. The van der Waals surface area contributed by atoms with Crippen molar-refractivity contribution in [3.63, 3.8) is 0 Å². The molecule has 0 bridgehead atoms. The topological polar surface area (TPSA) is 41.1 Å².